The number of aromatic nitrogens is 1. The van der Waals surface area contributed by atoms with Crippen LogP contribution in [0.5, 0.6) is 5.75 Å². The first kappa shape index (κ1) is 16.5. The summed E-state index contributed by atoms with van der Waals surface area (Å²) in [5.41, 5.74) is 6.48. The summed E-state index contributed by atoms with van der Waals surface area (Å²) in [4.78, 5) is 12.3. The third-order valence-electron chi connectivity index (χ3n) is 5.04. The van der Waals surface area contributed by atoms with Crippen LogP contribution >= 0.6 is 0 Å². The topological polar surface area (TPSA) is 43.3 Å². The maximum absolute atomic E-state index is 12.3. The van der Waals surface area contributed by atoms with Crippen molar-refractivity contribution in [2.24, 2.45) is 7.05 Å². The van der Waals surface area contributed by atoms with Gasteiger partial charge in [0.15, 0.2) is 0 Å². The minimum atomic E-state index is -0.0525. The molecule has 26 heavy (non-hydrogen) atoms. The van der Waals surface area contributed by atoms with E-state index in [4.69, 9.17) is 4.74 Å². The highest BCUT2D eigenvalue weighted by atomic mass is 16.5. The fourth-order valence-electron chi connectivity index (χ4n) is 3.30. The number of carbonyl (C=O) groups excluding carboxylic acids is 1. The van der Waals surface area contributed by atoms with E-state index in [1.807, 2.05) is 36.7 Å². The average molecular weight is 346 g/mol. The van der Waals surface area contributed by atoms with Gasteiger partial charge in [0.05, 0.1) is 6.61 Å². The van der Waals surface area contributed by atoms with E-state index in [1.54, 1.807) is 0 Å². The van der Waals surface area contributed by atoms with Crippen LogP contribution in [0.4, 0.5) is 0 Å². The molecule has 0 unspecified atom stereocenters. The summed E-state index contributed by atoms with van der Waals surface area (Å²) in [7, 11) is 1.90. The molecule has 4 rings (SSSR count). The lowest BCUT2D eigenvalue weighted by Gasteiger charge is -2.09. The van der Waals surface area contributed by atoms with Crippen LogP contribution in [0, 0.1) is 6.92 Å². The number of benzene rings is 2. The number of carbonyl (C=O) groups is 1. The van der Waals surface area contributed by atoms with Crippen LogP contribution in [-0.4, -0.2) is 17.1 Å². The van der Waals surface area contributed by atoms with Crippen LogP contribution in [0.2, 0.25) is 0 Å². The van der Waals surface area contributed by atoms with Gasteiger partial charge in [-0.2, -0.15) is 0 Å². The van der Waals surface area contributed by atoms with Gasteiger partial charge in [-0.3, -0.25) is 4.79 Å². The van der Waals surface area contributed by atoms with Crippen molar-refractivity contribution in [3.05, 3.63) is 77.1 Å². The van der Waals surface area contributed by atoms with E-state index in [1.165, 1.54) is 16.7 Å². The Morgan fingerprint density at radius 3 is 2.58 bits per heavy atom. The Bertz CT molecular complexity index is 955. The first-order valence-corrected chi connectivity index (χ1v) is 8.87. The molecular formula is C22H22N2O2. The van der Waals surface area contributed by atoms with E-state index >= 15 is 0 Å². The molecule has 0 saturated carbocycles. The van der Waals surface area contributed by atoms with Crippen molar-refractivity contribution >= 4 is 5.91 Å². The Balaban J connectivity index is 1.43. The van der Waals surface area contributed by atoms with E-state index in [9.17, 15) is 4.79 Å². The lowest BCUT2D eigenvalue weighted by molar-refractivity contribution is 0.0942. The molecule has 0 spiro atoms. The first-order chi connectivity index (χ1) is 12.6. The highest BCUT2D eigenvalue weighted by Gasteiger charge is 2.13. The molecule has 3 aromatic rings. The standard InChI is InChI=1S/C22H22N2O2/c1-15-3-9-20(24(15)2)22(25)23-14-16-4-6-17(7-5-16)18-8-10-21-19(13-18)11-12-26-21/h3-10,13H,11-12,14H2,1-2H3,(H,23,25). The molecule has 1 N–H and O–H groups in total. The molecule has 0 fully saturated rings. The number of hydrogen-bond donors (Lipinski definition) is 1. The van der Waals surface area contributed by atoms with Gasteiger partial charge in [-0.1, -0.05) is 30.3 Å². The second-order valence-electron chi connectivity index (χ2n) is 6.72. The summed E-state index contributed by atoms with van der Waals surface area (Å²) in [5, 5.41) is 2.99. The molecule has 2 heterocycles. The van der Waals surface area contributed by atoms with Gasteiger partial charge in [0.1, 0.15) is 11.4 Å². The predicted octanol–water partition coefficient (Wildman–Crippen LogP) is 3.87. The minimum Gasteiger partial charge on any atom is -0.493 e. The maximum atomic E-state index is 12.3. The van der Waals surface area contributed by atoms with Gasteiger partial charge in [0, 0.05) is 25.7 Å². The maximum Gasteiger partial charge on any atom is 0.268 e. The predicted molar refractivity (Wildman–Crippen MR) is 102 cm³/mol. The molecular weight excluding hydrogens is 324 g/mol. The zero-order chi connectivity index (χ0) is 18.1. The van der Waals surface area contributed by atoms with E-state index in [0.29, 0.717) is 12.2 Å². The Morgan fingerprint density at radius 1 is 1.08 bits per heavy atom. The van der Waals surface area contributed by atoms with Gasteiger partial charge in [0.2, 0.25) is 0 Å². The Kier molecular flexibility index (Phi) is 4.25. The summed E-state index contributed by atoms with van der Waals surface area (Å²) in [5.74, 6) is 0.951. The highest BCUT2D eigenvalue weighted by Crippen LogP contribution is 2.30. The van der Waals surface area contributed by atoms with Crippen molar-refractivity contribution in [3.8, 4) is 16.9 Å². The largest absolute Gasteiger partial charge is 0.493 e. The highest BCUT2D eigenvalue weighted by molar-refractivity contribution is 5.92. The number of ether oxygens (including phenoxy) is 1. The SMILES string of the molecule is Cc1ccc(C(=O)NCc2ccc(-c3ccc4c(c3)CCO4)cc2)n1C. The monoisotopic (exact) mass is 346 g/mol. The van der Waals surface area contributed by atoms with Crippen molar-refractivity contribution in [3.63, 3.8) is 0 Å². The molecule has 0 bridgehead atoms. The molecule has 0 aliphatic carbocycles. The molecule has 0 radical (unpaired) electrons. The molecule has 4 heteroatoms. The van der Waals surface area contributed by atoms with Crippen LogP contribution in [-0.2, 0) is 20.0 Å². The number of rotatable bonds is 4. The van der Waals surface area contributed by atoms with E-state index < -0.39 is 0 Å². The van der Waals surface area contributed by atoms with Crippen molar-refractivity contribution < 1.29 is 9.53 Å². The van der Waals surface area contributed by atoms with Gasteiger partial charge in [-0.05, 0) is 53.4 Å². The summed E-state index contributed by atoms with van der Waals surface area (Å²) in [6, 6.07) is 18.5. The van der Waals surface area contributed by atoms with Crippen molar-refractivity contribution in [2.45, 2.75) is 19.9 Å². The molecule has 0 atom stereocenters. The third kappa shape index (κ3) is 3.10. The van der Waals surface area contributed by atoms with Crippen LogP contribution < -0.4 is 10.1 Å². The average Bonchev–Trinajstić information content (AvgIpc) is 3.26. The molecule has 2 aromatic carbocycles. The lowest BCUT2D eigenvalue weighted by atomic mass is 10.0. The Hall–Kier alpha value is -3.01. The number of nitrogens with zero attached hydrogens (tertiary/aromatic N) is 1. The quantitative estimate of drug-likeness (QED) is 0.779. The van der Waals surface area contributed by atoms with Gasteiger partial charge in [0.25, 0.3) is 5.91 Å². The van der Waals surface area contributed by atoms with Gasteiger partial charge >= 0.3 is 0 Å². The third-order valence-corrected chi connectivity index (χ3v) is 5.04. The molecule has 0 saturated heterocycles. The van der Waals surface area contributed by atoms with Crippen molar-refractivity contribution in [1.82, 2.24) is 9.88 Å². The zero-order valence-corrected chi connectivity index (χ0v) is 15.1. The Labute approximate surface area is 153 Å². The van der Waals surface area contributed by atoms with Gasteiger partial charge < -0.3 is 14.6 Å². The van der Waals surface area contributed by atoms with Crippen LogP contribution in [0.15, 0.2) is 54.6 Å². The van der Waals surface area contributed by atoms with E-state index in [0.717, 1.165) is 30.0 Å². The molecule has 1 aliphatic rings. The van der Waals surface area contributed by atoms with Gasteiger partial charge in [-0.15, -0.1) is 0 Å². The molecule has 4 nitrogen and oxygen atoms in total. The van der Waals surface area contributed by atoms with Crippen LogP contribution in [0.1, 0.15) is 27.3 Å². The minimum absolute atomic E-state index is 0.0525. The Morgan fingerprint density at radius 2 is 1.85 bits per heavy atom. The lowest BCUT2D eigenvalue weighted by Crippen LogP contribution is -2.25. The fraction of sp³-hybridized carbons (Fsp3) is 0.227. The van der Waals surface area contributed by atoms with Crippen LogP contribution in [0.3, 0.4) is 0 Å². The molecule has 1 aromatic heterocycles. The van der Waals surface area contributed by atoms with Crippen LogP contribution in [0.25, 0.3) is 11.1 Å². The molecule has 1 amide bonds. The van der Waals surface area contributed by atoms with Crippen molar-refractivity contribution in [1.29, 1.82) is 0 Å². The number of hydrogen-bond acceptors (Lipinski definition) is 2. The zero-order valence-electron chi connectivity index (χ0n) is 15.1. The summed E-state index contributed by atoms with van der Waals surface area (Å²) >= 11 is 0. The van der Waals surface area contributed by atoms with Crippen molar-refractivity contribution in [2.75, 3.05) is 6.61 Å². The van der Waals surface area contributed by atoms with Gasteiger partial charge in [-0.25, -0.2) is 0 Å². The summed E-state index contributed by atoms with van der Waals surface area (Å²) in [6.07, 6.45) is 0.978. The first-order valence-electron chi connectivity index (χ1n) is 8.87. The summed E-state index contributed by atoms with van der Waals surface area (Å²) < 4.78 is 7.47. The number of aryl methyl sites for hydroxylation is 1. The normalized spacial score (nSPS) is 12.5. The summed E-state index contributed by atoms with van der Waals surface area (Å²) in [6.45, 7) is 3.28. The number of nitrogens with one attached hydrogen (secondary N) is 1. The number of fused-ring (bicyclic) bond motifs is 1. The second-order valence-corrected chi connectivity index (χ2v) is 6.72. The van der Waals surface area contributed by atoms with E-state index in [-0.39, 0.29) is 5.91 Å². The fourth-order valence-corrected chi connectivity index (χ4v) is 3.30. The number of amides is 1. The van der Waals surface area contributed by atoms with E-state index in [2.05, 4.69) is 41.7 Å². The smallest absolute Gasteiger partial charge is 0.268 e. The second kappa shape index (κ2) is 6.71. The molecule has 1 aliphatic heterocycles. The molecule has 132 valence electrons.